The third-order valence-electron chi connectivity index (χ3n) is 3.83. The average Bonchev–Trinajstić information content (AvgIpc) is 2.59. The van der Waals surface area contributed by atoms with Gasteiger partial charge in [0.2, 0.25) is 21.8 Å². The van der Waals surface area contributed by atoms with Crippen molar-refractivity contribution in [3.05, 3.63) is 59.1 Å². The Morgan fingerprint density at radius 1 is 1.19 bits per heavy atom. The molecule has 3 N–H and O–H groups in total. The lowest BCUT2D eigenvalue weighted by atomic mass is 10.1. The highest BCUT2D eigenvalue weighted by atomic mass is 35.5. The van der Waals surface area contributed by atoms with E-state index in [1.165, 1.54) is 24.3 Å². The van der Waals surface area contributed by atoms with Crippen molar-refractivity contribution in [2.24, 2.45) is 5.73 Å². The topological polar surface area (TPSA) is 110 Å². The summed E-state index contributed by atoms with van der Waals surface area (Å²) in [5, 5.41) is 3.09. The van der Waals surface area contributed by atoms with E-state index in [4.69, 9.17) is 17.3 Å². The van der Waals surface area contributed by atoms with E-state index in [1.807, 2.05) is 0 Å². The molecule has 0 saturated carbocycles. The minimum atomic E-state index is -3.75. The fraction of sp³-hybridized carbons (Fsp3) is 0.222. The maximum Gasteiger partial charge on any atom is 0.248 e. The van der Waals surface area contributed by atoms with Crippen LogP contribution in [0.1, 0.15) is 23.7 Å². The van der Waals surface area contributed by atoms with Crippen LogP contribution in [0, 0.1) is 0 Å². The number of carbonyl (C=O) groups excluding carboxylic acids is 2. The van der Waals surface area contributed by atoms with Crippen molar-refractivity contribution in [1.29, 1.82) is 0 Å². The number of hydrogen-bond donors (Lipinski definition) is 2. The molecule has 0 aliphatic rings. The quantitative estimate of drug-likeness (QED) is 0.732. The number of rotatable bonds is 7. The second kappa shape index (κ2) is 8.41. The first-order chi connectivity index (χ1) is 12.6. The van der Waals surface area contributed by atoms with E-state index in [0.717, 1.165) is 10.6 Å². The summed E-state index contributed by atoms with van der Waals surface area (Å²) < 4.78 is 25.8. The van der Waals surface area contributed by atoms with Gasteiger partial charge in [-0.25, -0.2) is 8.42 Å². The number of primary amides is 1. The molecule has 27 heavy (non-hydrogen) atoms. The Balaban J connectivity index is 2.36. The molecule has 0 spiro atoms. The number of benzene rings is 2. The van der Waals surface area contributed by atoms with E-state index in [-0.39, 0.29) is 12.0 Å². The molecule has 0 aliphatic heterocycles. The third kappa shape index (κ3) is 5.21. The fourth-order valence-electron chi connectivity index (χ4n) is 2.62. The molecule has 9 heteroatoms. The Kier molecular flexibility index (Phi) is 6.45. The van der Waals surface area contributed by atoms with Crippen molar-refractivity contribution in [1.82, 2.24) is 0 Å². The van der Waals surface area contributed by atoms with E-state index >= 15 is 0 Å². The van der Waals surface area contributed by atoms with Gasteiger partial charge in [-0.15, -0.1) is 0 Å². The molecule has 2 amide bonds. The molecule has 0 saturated heterocycles. The predicted octanol–water partition coefficient (Wildman–Crippen LogP) is 2.62. The van der Waals surface area contributed by atoms with Crippen LogP contribution in [0.15, 0.2) is 48.5 Å². The van der Waals surface area contributed by atoms with Gasteiger partial charge >= 0.3 is 0 Å². The average molecular weight is 410 g/mol. The van der Waals surface area contributed by atoms with Crippen molar-refractivity contribution < 1.29 is 18.0 Å². The number of nitrogens with one attached hydrogen (secondary N) is 1. The molecule has 144 valence electrons. The molecule has 0 aliphatic carbocycles. The van der Waals surface area contributed by atoms with Crippen molar-refractivity contribution in [2.75, 3.05) is 15.9 Å². The summed E-state index contributed by atoms with van der Waals surface area (Å²) in [6.45, 7) is 1.71. The SMILES string of the molecule is CCC(C(=O)Nc1cccc(C(N)=O)c1)N(c1ccc(Cl)cc1)S(C)(=O)=O. The van der Waals surface area contributed by atoms with Gasteiger partial charge < -0.3 is 11.1 Å². The Morgan fingerprint density at radius 2 is 1.81 bits per heavy atom. The highest BCUT2D eigenvalue weighted by molar-refractivity contribution is 7.92. The normalized spacial score (nSPS) is 12.3. The Bertz CT molecular complexity index is 945. The first-order valence-corrected chi connectivity index (χ1v) is 10.3. The smallest absolute Gasteiger partial charge is 0.248 e. The van der Waals surface area contributed by atoms with Crippen LogP contribution in [0.25, 0.3) is 0 Å². The summed E-state index contributed by atoms with van der Waals surface area (Å²) in [4.78, 5) is 24.1. The maximum atomic E-state index is 12.8. The number of amides is 2. The molecule has 1 atom stereocenters. The van der Waals surface area contributed by atoms with Gasteiger partial charge in [0.05, 0.1) is 11.9 Å². The number of carbonyl (C=O) groups is 2. The molecule has 2 rings (SSSR count). The summed E-state index contributed by atoms with van der Waals surface area (Å²) in [7, 11) is -3.75. The Morgan fingerprint density at radius 3 is 2.33 bits per heavy atom. The zero-order valence-corrected chi connectivity index (χ0v) is 16.4. The zero-order chi connectivity index (χ0) is 20.2. The zero-order valence-electron chi connectivity index (χ0n) is 14.8. The van der Waals surface area contributed by atoms with Gasteiger partial charge in [-0.1, -0.05) is 24.6 Å². The molecule has 7 nitrogen and oxygen atoms in total. The molecular weight excluding hydrogens is 390 g/mol. The molecule has 1 unspecified atom stereocenters. The standard InChI is InChI=1S/C18H20ClN3O4S/c1-3-16(18(24)21-14-6-4-5-12(11-14)17(20)23)22(27(2,25)26)15-9-7-13(19)8-10-15/h4-11,16H,3H2,1-2H3,(H2,20,23)(H,21,24). The monoisotopic (exact) mass is 409 g/mol. The van der Waals surface area contributed by atoms with Crippen LogP contribution in [-0.2, 0) is 14.8 Å². The van der Waals surface area contributed by atoms with Gasteiger partial charge in [0.15, 0.2) is 0 Å². The first kappa shape index (κ1) is 20.7. The lowest BCUT2D eigenvalue weighted by Crippen LogP contribution is -2.47. The minimum Gasteiger partial charge on any atom is -0.366 e. The summed E-state index contributed by atoms with van der Waals surface area (Å²) >= 11 is 5.87. The number of anilines is 2. The number of hydrogen-bond acceptors (Lipinski definition) is 4. The maximum absolute atomic E-state index is 12.8. The van der Waals surface area contributed by atoms with Crippen LogP contribution in [0.4, 0.5) is 11.4 Å². The summed E-state index contributed by atoms with van der Waals surface area (Å²) in [5.74, 6) is -1.16. The predicted molar refractivity (Wildman–Crippen MR) is 106 cm³/mol. The third-order valence-corrected chi connectivity index (χ3v) is 5.26. The largest absolute Gasteiger partial charge is 0.366 e. The molecular formula is C18H20ClN3O4S. The highest BCUT2D eigenvalue weighted by Crippen LogP contribution is 2.25. The number of halogens is 1. The van der Waals surface area contributed by atoms with Gasteiger partial charge in [0, 0.05) is 16.3 Å². The van der Waals surface area contributed by atoms with E-state index in [9.17, 15) is 18.0 Å². The Labute approximate surface area is 163 Å². The molecule has 0 bridgehead atoms. The number of nitrogens with two attached hydrogens (primary N) is 1. The van der Waals surface area contributed by atoms with Crippen LogP contribution < -0.4 is 15.4 Å². The second-order valence-corrected chi connectivity index (χ2v) is 8.19. The molecule has 0 fully saturated rings. The molecule has 0 heterocycles. The molecule has 2 aromatic rings. The van der Waals surface area contributed by atoms with Crippen molar-refractivity contribution in [3.63, 3.8) is 0 Å². The number of sulfonamides is 1. The fourth-order valence-corrected chi connectivity index (χ4v) is 3.96. The van der Waals surface area contributed by atoms with Crippen LogP contribution >= 0.6 is 11.6 Å². The van der Waals surface area contributed by atoms with E-state index in [1.54, 1.807) is 31.2 Å². The van der Waals surface area contributed by atoms with Gasteiger partial charge in [-0.2, -0.15) is 0 Å². The Hall–Kier alpha value is -2.58. The van der Waals surface area contributed by atoms with Crippen LogP contribution in [0.5, 0.6) is 0 Å². The van der Waals surface area contributed by atoms with Crippen molar-refractivity contribution >= 4 is 44.8 Å². The van der Waals surface area contributed by atoms with Gasteiger partial charge in [-0.05, 0) is 48.9 Å². The van der Waals surface area contributed by atoms with E-state index in [0.29, 0.717) is 16.4 Å². The van der Waals surface area contributed by atoms with Crippen molar-refractivity contribution in [3.8, 4) is 0 Å². The van der Waals surface area contributed by atoms with Crippen LogP contribution in [-0.4, -0.2) is 32.5 Å². The molecule has 0 aromatic heterocycles. The van der Waals surface area contributed by atoms with Gasteiger partial charge in [0.1, 0.15) is 6.04 Å². The van der Waals surface area contributed by atoms with Crippen molar-refractivity contribution in [2.45, 2.75) is 19.4 Å². The minimum absolute atomic E-state index is 0.233. The van der Waals surface area contributed by atoms with Crippen LogP contribution in [0.2, 0.25) is 5.02 Å². The van der Waals surface area contributed by atoms with Gasteiger partial charge in [-0.3, -0.25) is 13.9 Å². The second-order valence-electron chi connectivity index (χ2n) is 5.89. The summed E-state index contributed by atoms with van der Waals surface area (Å²) in [6.07, 6.45) is 1.27. The van der Waals surface area contributed by atoms with Crippen LogP contribution in [0.3, 0.4) is 0 Å². The molecule has 2 aromatic carbocycles. The first-order valence-electron chi connectivity index (χ1n) is 8.09. The summed E-state index contributed by atoms with van der Waals surface area (Å²) in [6, 6.07) is 11.3. The lowest BCUT2D eigenvalue weighted by molar-refractivity contribution is -0.117. The lowest BCUT2D eigenvalue weighted by Gasteiger charge is -2.30. The van der Waals surface area contributed by atoms with E-state index in [2.05, 4.69) is 5.32 Å². The highest BCUT2D eigenvalue weighted by Gasteiger charge is 2.31. The summed E-state index contributed by atoms with van der Waals surface area (Å²) in [5.41, 5.74) is 6.15. The number of nitrogens with zero attached hydrogens (tertiary/aromatic N) is 1. The van der Waals surface area contributed by atoms with Gasteiger partial charge in [0.25, 0.3) is 0 Å². The van der Waals surface area contributed by atoms with E-state index < -0.39 is 27.9 Å². The molecule has 0 radical (unpaired) electrons.